The molecule has 5 nitrogen and oxygen atoms in total. The minimum Gasteiger partial charge on any atom is -0.326 e. The van der Waals surface area contributed by atoms with E-state index in [0.717, 1.165) is 11.1 Å². The van der Waals surface area contributed by atoms with Crippen LogP contribution in [0.3, 0.4) is 0 Å². The molecule has 0 atom stereocenters. The second kappa shape index (κ2) is 8.67. The molecule has 0 saturated heterocycles. The van der Waals surface area contributed by atoms with E-state index in [1.165, 1.54) is 6.92 Å². The molecule has 0 fully saturated rings. The van der Waals surface area contributed by atoms with Gasteiger partial charge in [-0.3, -0.25) is 9.59 Å². The van der Waals surface area contributed by atoms with Gasteiger partial charge in [0.15, 0.2) is 0 Å². The highest BCUT2D eigenvalue weighted by molar-refractivity contribution is 6.30. The third kappa shape index (κ3) is 5.79. The molecule has 2 amide bonds. The summed E-state index contributed by atoms with van der Waals surface area (Å²) in [5.74, 6) is -0.623. The van der Waals surface area contributed by atoms with Crippen LogP contribution >= 0.6 is 11.6 Å². The molecular formula is C19H16ClN3O2. The third-order valence-electron chi connectivity index (χ3n) is 3.21. The summed E-state index contributed by atoms with van der Waals surface area (Å²) in [5.41, 5.74) is 2.76. The van der Waals surface area contributed by atoms with Crippen molar-refractivity contribution in [1.82, 2.24) is 0 Å². The smallest absolute Gasteiger partial charge is 0.238 e. The maximum Gasteiger partial charge on any atom is 0.238 e. The van der Waals surface area contributed by atoms with E-state index in [1.807, 2.05) is 24.3 Å². The molecule has 0 bridgehead atoms. The average molecular weight is 354 g/mol. The van der Waals surface area contributed by atoms with Crippen molar-refractivity contribution in [2.24, 2.45) is 0 Å². The van der Waals surface area contributed by atoms with Crippen LogP contribution in [0.2, 0.25) is 5.02 Å². The summed E-state index contributed by atoms with van der Waals surface area (Å²) in [6, 6.07) is 14.3. The molecule has 0 aromatic heterocycles. The van der Waals surface area contributed by atoms with E-state index in [1.54, 1.807) is 36.4 Å². The molecule has 0 aliphatic heterocycles. The first-order chi connectivity index (χ1) is 12.0. The van der Waals surface area contributed by atoms with Gasteiger partial charge in [-0.1, -0.05) is 42.0 Å². The van der Waals surface area contributed by atoms with Crippen LogP contribution in [0.1, 0.15) is 24.5 Å². The van der Waals surface area contributed by atoms with E-state index >= 15 is 0 Å². The standard InChI is InChI=1S/C19H16ClN3O2/c1-13(24)22-17-9-6-15(18(12-17)23-19(25)10-11-21)5-2-14-3-7-16(20)8-4-14/h2-9,12H,10H2,1H3,(H,22,24)(H,23,25). The molecule has 126 valence electrons. The van der Waals surface area contributed by atoms with Crippen molar-refractivity contribution >= 4 is 46.9 Å². The zero-order chi connectivity index (χ0) is 18.2. The van der Waals surface area contributed by atoms with Crippen LogP contribution in [0.5, 0.6) is 0 Å². The van der Waals surface area contributed by atoms with Crippen molar-refractivity contribution in [1.29, 1.82) is 5.26 Å². The summed E-state index contributed by atoms with van der Waals surface area (Å²) in [6.07, 6.45) is 3.47. The maximum absolute atomic E-state index is 11.8. The summed E-state index contributed by atoms with van der Waals surface area (Å²) in [4.78, 5) is 23.0. The highest BCUT2D eigenvalue weighted by Crippen LogP contribution is 2.24. The number of carbonyl (C=O) groups is 2. The number of hydrogen-bond acceptors (Lipinski definition) is 3. The SMILES string of the molecule is CC(=O)Nc1ccc(C=Cc2ccc(Cl)cc2)c(NC(=O)CC#N)c1. The predicted molar refractivity (Wildman–Crippen MR) is 100.0 cm³/mol. The van der Waals surface area contributed by atoms with Gasteiger partial charge in [0.05, 0.1) is 11.8 Å². The van der Waals surface area contributed by atoms with Crippen molar-refractivity contribution in [2.75, 3.05) is 10.6 Å². The molecule has 0 unspecified atom stereocenters. The Kier molecular flexibility index (Phi) is 6.33. The number of amides is 2. The van der Waals surface area contributed by atoms with Crippen LogP contribution in [0, 0.1) is 11.3 Å². The van der Waals surface area contributed by atoms with Crippen LogP contribution in [0.4, 0.5) is 11.4 Å². The van der Waals surface area contributed by atoms with Crippen LogP contribution in [-0.4, -0.2) is 11.8 Å². The summed E-state index contributed by atoms with van der Waals surface area (Å²) in [5, 5.41) is 14.6. The normalized spacial score (nSPS) is 10.3. The van der Waals surface area contributed by atoms with E-state index in [0.29, 0.717) is 16.4 Å². The van der Waals surface area contributed by atoms with Crippen LogP contribution in [-0.2, 0) is 9.59 Å². The lowest BCUT2D eigenvalue weighted by Crippen LogP contribution is -2.12. The number of rotatable bonds is 5. The second-order valence-corrected chi connectivity index (χ2v) is 5.69. The number of hydrogen-bond donors (Lipinski definition) is 2. The lowest BCUT2D eigenvalue weighted by Gasteiger charge is -2.10. The molecule has 2 aromatic carbocycles. The number of nitriles is 1. The molecule has 0 spiro atoms. The van der Waals surface area contributed by atoms with Crippen molar-refractivity contribution in [2.45, 2.75) is 13.3 Å². The first-order valence-corrected chi connectivity index (χ1v) is 7.88. The summed E-state index contributed by atoms with van der Waals surface area (Å²) in [6.45, 7) is 1.41. The van der Waals surface area contributed by atoms with Gasteiger partial charge in [-0.15, -0.1) is 0 Å². The fourth-order valence-electron chi connectivity index (χ4n) is 2.12. The first kappa shape index (κ1) is 18.2. The molecule has 0 aliphatic rings. The molecule has 2 aromatic rings. The lowest BCUT2D eigenvalue weighted by atomic mass is 10.1. The van der Waals surface area contributed by atoms with Gasteiger partial charge in [0.1, 0.15) is 6.42 Å². The molecule has 0 heterocycles. The molecule has 0 saturated carbocycles. The second-order valence-electron chi connectivity index (χ2n) is 5.25. The third-order valence-corrected chi connectivity index (χ3v) is 3.46. The number of halogens is 1. The number of nitrogens with one attached hydrogen (secondary N) is 2. The molecule has 2 rings (SSSR count). The van der Waals surface area contributed by atoms with E-state index in [2.05, 4.69) is 10.6 Å². The van der Waals surface area contributed by atoms with Crippen LogP contribution < -0.4 is 10.6 Å². The zero-order valence-corrected chi connectivity index (χ0v) is 14.3. The van der Waals surface area contributed by atoms with Crippen LogP contribution in [0.15, 0.2) is 42.5 Å². The van der Waals surface area contributed by atoms with Gasteiger partial charge in [-0.05, 0) is 35.4 Å². The van der Waals surface area contributed by atoms with Crippen LogP contribution in [0.25, 0.3) is 12.2 Å². The Morgan fingerprint density at radius 1 is 1.12 bits per heavy atom. The molecule has 2 N–H and O–H groups in total. The fourth-order valence-corrected chi connectivity index (χ4v) is 2.24. The molecule has 0 aliphatic carbocycles. The van der Waals surface area contributed by atoms with E-state index in [9.17, 15) is 9.59 Å². The average Bonchev–Trinajstić information content (AvgIpc) is 2.55. The highest BCUT2D eigenvalue weighted by atomic mass is 35.5. The minimum atomic E-state index is -0.413. The Bertz CT molecular complexity index is 852. The van der Waals surface area contributed by atoms with Gasteiger partial charge in [0.25, 0.3) is 0 Å². The van der Waals surface area contributed by atoms with Gasteiger partial charge in [0, 0.05) is 17.6 Å². The maximum atomic E-state index is 11.8. The highest BCUT2D eigenvalue weighted by Gasteiger charge is 2.07. The molecular weight excluding hydrogens is 338 g/mol. The van der Waals surface area contributed by atoms with Gasteiger partial charge < -0.3 is 10.6 Å². The van der Waals surface area contributed by atoms with Gasteiger partial charge in [-0.25, -0.2) is 0 Å². The molecule has 25 heavy (non-hydrogen) atoms. The minimum absolute atomic E-state index is 0.209. The molecule has 0 radical (unpaired) electrons. The van der Waals surface area contributed by atoms with Gasteiger partial charge >= 0.3 is 0 Å². The number of anilines is 2. The van der Waals surface area contributed by atoms with Gasteiger partial charge in [0.2, 0.25) is 11.8 Å². The van der Waals surface area contributed by atoms with Crippen molar-refractivity contribution in [3.05, 3.63) is 58.6 Å². The Balaban J connectivity index is 2.30. The van der Waals surface area contributed by atoms with E-state index in [-0.39, 0.29) is 12.3 Å². The summed E-state index contributed by atoms with van der Waals surface area (Å²) < 4.78 is 0. The largest absolute Gasteiger partial charge is 0.326 e. The summed E-state index contributed by atoms with van der Waals surface area (Å²) in [7, 11) is 0. The number of nitrogens with zero attached hydrogens (tertiary/aromatic N) is 1. The molecule has 6 heteroatoms. The van der Waals surface area contributed by atoms with Gasteiger partial charge in [-0.2, -0.15) is 5.26 Å². The fraction of sp³-hybridized carbons (Fsp3) is 0.105. The Hall–Kier alpha value is -3.10. The first-order valence-electron chi connectivity index (χ1n) is 7.50. The predicted octanol–water partition coefficient (Wildman–Crippen LogP) is 4.32. The van der Waals surface area contributed by atoms with Crippen molar-refractivity contribution in [3.63, 3.8) is 0 Å². The number of carbonyl (C=O) groups excluding carboxylic acids is 2. The van der Waals surface area contributed by atoms with Crippen molar-refractivity contribution < 1.29 is 9.59 Å². The van der Waals surface area contributed by atoms with E-state index in [4.69, 9.17) is 16.9 Å². The Morgan fingerprint density at radius 2 is 1.84 bits per heavy atom. The lowest BCUT2D eigenvalue weighted by molar-refractivity contribution is -0.115. The van der Waals surface area contributed by atoms with E-state index < -0.39 is 5.91 Å². The topological polar surface area (TPSA) is 82.0 Å². The Morgan fingerprint density at radius 3 is 2.48 bits per heavy atom. The zero-order valence-electron chi connectivity index (χ0n) is 13.5. The Labute approximate surface area is 150 Å². The quantitative estimate of drug-likeness (QED) is 0.785. The number of benzene rings is 2. The van der Waals surface area contributed by atoms with Crippen molar-refractivity contribution in [3.8, 4) is 6.07 Å². The summed E-state index contributed by atoms with van der Waals surface area (Å²) >= 11 is 5.87. The monoisotopic (exact) mass is 353 g/mol.